The molecule has 5 nitrogen and oxygen atoms in total. The Balaban J connectivity index is 2.15. The van der Waals surface area contributed by atoms with Gasteiger partial charge in [-0.2, -0.15) is 4.98 Å². The number of nitrogens with zero attached hydrogens (tertiary/aromatic N) is 2. The number of ether oxygens (including phenoxy) is 1. The second kappa shape index (κ2) is 5.75. The molecule has 2 rings (SSSR count). The topological polar surface area (TPSA) is 74.2 Å². The summed E-state index contributed by atoms with van der Waals surface area (Å²) < 4.78 is 10.6. The molecule has 18 heavy (non-hydrogen) atoms. The molecule has 0 aliphatic carbocycles. The maximum Gasteiger partial charge on any atom is 0.248 e. The first kappa shape index (κ1) is 12.7. The quantitative estimate of drug-likeness (QED) is 0.876. The molecule has 1 aromatic carbocycles. The van der Waals surface area contributed by atoms with Gasteiger partial charge in [0.25, 0.3) is 0 Å². The van der Waals surface area contributed by atoms with Gasteiger partial charge in [0.2, 0.25) is 5.89 Å². The largest absolute Gasteiger partial charge is 0.371 e. The highest BCUT2D eigenvalue weighted by molar-refractivity contribution is 5.23. The van der Waals surface area contributed by atoms with Crippen LogP contribution in [0.5, 0.6) is 0 Å². The van der Waals surface area contributed by atoms with Crippen LogP contribution in [0.4, 0.5) is 0 Å². The summed E-state index contributed by atoms with van der Waals surface area (Å²) in [6.07, 6.45) is -0.185. The number of hydrogen-bond acceptors (Lipinski definition) is 5. The molecule has 0 fully saturated rings. The normalized spacial score (nSPS) is 14.4. The van der Waals surface area contributed by atoms with E-state index in [0.29, 0.717) is 18.3 Å². The molecule has 5 heteroatoms. The van der Waals surface area contributed by atoms with Gasteiger partial charge in [-0.05, 0) is 19.4 Å². The van der Waals surface area contributed by atoms with Crippen molar-refractivity contribution in [1.82, 2.24) is 10.1 Å². The molecule has 2 atom stereocenters. The van der Waals surface area contributed by atoms with Crippen molar-refractivity contribution >= 4 is 0 Å². The highest BCUT2D eigenvalue weighted by Crippen LogP contribution is 2.20. The van der Waals surface area contributed by atoms with Gasteiger partial charge in [0, 0.05) is 6.61 Å². The summed E-state index contributed by atoms with van der Waals surface area (Å²) in [7, 11) is 0. The summed E-state index contributed by atoms with van der Waals surface area (Å²) in [5.74, 6) is 0.931. The van der Waals surface area contributed by atoms with Gasteiger partial charge < -0.3 is 15.0 Å². The van der Waals surface area contributed by atoms with E-state index in [4.69, 9.17) is 15.0 Å². The second-order valence-corrected chi connectivity index (χ2v) is 3.98. The second-order valence-electron chi connectivity index (χ2n) is 3.98. The fourth-order valence-corrected chi connectivity index (χ4v) is 1.67. The molecule has 0 radical (unpaired) electrons. The predicted molar refractivity (Wildman–Crippen MR) is 66.8 cm³/mol. The highest BCUT2D eigenvalue weighted by Gasteiger charge is 2.19. The fourth-order valence-electron chi connectivity index (χ4n) is 1.67. The molecular formula is C13H17N3O2. The van der Waals surface area contributed by atoms with E-state index in [1.54, 1.807) is 0 Å². The molecule has 96 valence electrons. The van der Waals surface area contributed by atoms with E-state index >= 15 is 0 Å². The molecule has 1 heterocycles. The molecule has 0 aliphatic heterocycles. The van der Waals surface area contributed by atoms with E-state index in [9.17, 15) is 0 Å². The van der Waals surface area contributed by atoms with Gasteiger partial charge in [-0.15, -0.1) is 0 Å². The number of hydrogen-bond donors (Lipinski definition) is 1. The van der Waals surface area contributed by atoms with Crippen LogP contribution in [0.3, 0.4) is 0 Å². The smallest absolute Gasteiger partial charge is 0.248 e. The van der Waals surface area contributed by atoms with Gasteiger partial charge in [0.05, 0.1) is 0 Å². The van der Waals surface area contributed by atoms with E-state index in [1.165, 1.54) is 0 Å². The molecule has 0 amide bonds. The van der Waals surface area contributed by atoms with Crippen molar-refractivity contribution in [2.24, 2.45) is 5.73 Å². The van der Waals surface area contributed by atoms with Crippen molar-refractivity contribution in [2.45, 2.75) is 26.0 Å². The molecule has 2 N–H and O–H groups in total. The van der Waals surface area contributed by atoms with Gasteiger partial charge in [-0.25, -0.2) is 0 Å². The summed E-state index contributed by atoms with van der Waals surface area (Å²) in [6, 6.07) is 9.25. The van der Waals surface area contributed by atoms with Crippen molar-refractivity contribution < 1.29 is 9.26 Å². The van der Waals surface area contributed by atoms with Crippen LogP contribution in [0.2, 0.25) is 0 Å². The van der Waals surface area contributed by atoms with Crippen LogP contribution in [-0.2, 0) is 4.74 Å². The van der Waals surface area contributed by atoms with Crippen molar-refractivity contribution in [3.63, 3.8) is 0 Å². The van der Waals surface area contributed by atoms with E-state index in [0.717, 1.165) is 5.56 Å². The molecular weight excluding hydrogens is 230 g/mol. The van der Waals surface area contributed by atoms with Gasteiger partial charge in [0.1, 0.15) is 12.1 Å². The lowest BCUT2D eigenvalue weighted by atomic mass is 10.1. The lowest BCUT2D eigenvalue weighted by Crippen LogP contribution is -2.12. The molecule has 1 aromatic heterocycles. The van der Waals surface area contributed by atoms with Crippen LogP contribution >= 0.6 is 0 Å². The van der Waals surface area contributed by atoms with Crippen LogP contribution < -0.4 is 5.73 Å². The molecule has 0 saturated heterocycles. The van der Waals surface area contributed by atoms with Crippen LogP contribution in [0.25, 0.3) is 0 Å². The Labute approximate surface area is 106 Å². The van der Waals surface area contributed by atoms with Gasteiger partial charge in [-0.1, -0.05) is 35.5 Å². The van der Waals surface area contributed by atoms with E-state index in [-0.39, 0.29) is 6.10 Å². The Morgan fingerprint density at radius 1 is 1.33 bits per heavy atom. The van der Waals surface area contributed by atoms with Gasteiger partial charge in [-0.3, -0.25) is 0 Å². The minimum Gasteiger partial charge on any atom is -0.371 e. The number of aromatic nitrogens is 2. The molecule has 0 spiro atoms. The van der Waals surface area contributed by atoms with Crippen molar-refractivity contribution in [3.05, 3.63) is 47.6 Å². The van der Waals surface area contributed by atoms with Gasteiger partial charge in [0.15, 0.2) is 5.82 Å². The van der Waals surface area contributed by atoms with Crippen LogP contribution in [0.15, 0.2) is 34.9 Å². The SMILES string of the molecule is CCOC(C)c1noc([C@@H](N)c2ccccc2)n1. The lowest BCUT2D eigenvalue weighted by molar-refractivity contribution is 0.0683. The summed E-state index contributed by atoms with van der Waals surface area (Å²) in [6.45, 7) is 4.41. The average molecular weight is 247 g/mol. The maximum absolute atomic E-state index is 6.07. The third-order valence-electron chi connectivity index (χ3n) is 2.66. The molecule has 2 aromatic rings. The Hall–Kier alpha value is -1.72. The Morgan fingerprint density at radius 2 is 2.06 bits per heavy atom. The van der Waals surface area contributed by atoms with E-state index in [1.807, 2.05) is 44.2 Å². The Kier molecular flexibility index (Phi) is 4.07. The molecule has 0 aliphatic rings. The van der Waals surface area contributed by atoms with E-state index < -0.39 is 6.04 Å². The van der Waals surface area contributed by atoms with Crippen molar-refractivity contribution in [3.8, 4) is 0 Å². The zero-order valence-corrected chi connectivity index (χ0v) is 10.5. The fraction of sp³-hybridized carbons (Fsp3) is 0.385. The monoisotopic (exact) mass is 247 g/mol. The minimum absolute atomic E-state index is 0.185. The number of rotatable bonds is 5. The van der Waals surface area contributed by atoms with Crippen LogP contribution in [0, 0.1) is 0 Å². The summed E-state index contributed by atoms with van der Waals surface area (Å²) in [5, 5.41) is 3.89. The Bertz CT molecular complexity index is 484. The summed E-state index contributed by atoms with van der Waals surface area (Å²) in [4.78, 5) is 4.28. The third-order valence-corrected chi connectivity index (χ3v) is 2.66. The molecule has 0 bridgehead atoms. The molecule has 0 saturated carbocycles. The first-order valence-corrected chi connectivity index (χ1v) is 5.98. The maximum atomic E-state index is 6.07. The van der Waals surface area contributed by atoms with Crippen molar-refractivity contribution in [2.75, 3.05) is 6.61 Å². The van der Waals surface area contributed by atoms with E-state index in [2.05, 4.69) is 10.1 Å². The highest BCUT2D eigenvalue weighted by atomic mass is 16.5. The Morgan fingerprint density at radius 3 is 2.72 bits per heavy atom. The summed E-state index contributed by atoms with van der Waals surface area (Å²) in [5.41, 5.74) is 7.01. The number of benzene rings is 1. The van der Waals surface area contributed by atoms with Crippen LogP contribution in [-0.4, -0.2) is 16.7 Å². The van der Waals surface area contributed by atoms with Crippen molar-refractivity contribution in [1.29, 1.82) is 0 Å². The van der Waals surface area contributed by atoms with Crippen LogP contribution in [0.1, 0.15) is 43.3 Å². The minimum atomic E-state index is -0.402. The predicted octanol–water partition coefficient (Wildman–Crippen LogP) is 2.22. The van der Waals surface area contributed by atoms with Gasteiger partial charge >= 0.3 is 0 Å². The third kappa shape index (κ3) is 2.75. The zero-order chi connectivity index (χ0) is 13.0. The first-order valence-electron chi connectivity index (χ1n) is 5.98. The molecule has 1 unspecified atom stereocenters. The zero-order valence-electron chi connectivity index (χ0n) is 10.5. The average Bonchev–Trinajstić information content (AvgIpc) is 2.89. The standard InChI is InChI=1S/C13H17N3O2/c1-3-17-9(2)12-15-13(18-16-12)11(14)10-7-5-4-6-8-10/h4-9,11H,3,14H2,1-2H3/t9?,11-/m0/s1. The summed E-state index contributed by atoms with van der Waals surface area (Å²) >= 11 is 0. The lowest BCUT2D eigenvalue weighted by Gasteiger charge is -2.06. The number of nitrogens with two attached hydrogens (primary N) is 1. The first-order chi connectivity index (χ1) is 8.72.